The Bertz CT molecular complexity index is 485. The molecule has 136 valence electrons. The lowest BCUT2D eigenvalue weighted by Gasteiger charge is -2.26. The summed E-state index contributed by atoms with van der Waals surface area (Å²) < 4.78 is 0. The van der Waals surface area contributed by atoms with Crippen molar-refractivity contribution in [2.24, 2.45) is 11.7 Å². The van der Waals surface area contributed by atoms with Gasteiger partial charge in [0.1, 0.15) is 0 Å². The van der Waals surface area contributed by atoms with Crippen molar-refractivity contribution in [2.45, 2.75) is 64.2 Å². The predicted molar refractivity (Wildman–Crippen MR) is 96.5 cm³/mol. The first-order chi connectivity index (χ1) is 11.2. The SMILES string of the molecule is CCNC(=O)[C@H](CCC(C)(C)O)C[C@H](O)[C@@H](N)Cc1ccccc1. The number of aliphatic hydroxyl groups excluding tert-OH is 1. The second-order valence-corrected chi connectivity index (χ2v) is 7.10. The Hall–Kier alpha value is -1.43. The molecule has 0 aromatic heterocycles. The van der Waals surface area contributed by atoms with E-state index in [0.29, 0.717) is 32.2 Å². The summed E-state index contributed by atoms with van der Waals surface area (Å²) in [5.41, 5.74) is 6.36. The number of nitrogens with two attached hydrogens (primary N) is 1. The molecule has 0 aliphatic rings. The molecule has 0 saturated carbocycles. The summed E-state index contributed by atoms with van der Waals surface area (Å²) in [5, 5.41) is 23.1. The van der Waals surface area contributed by atoms with E-state index < -0.39 is 17.7 Å². The highest BCUT2D eigenvalue weighted by Gasteiger charge is 2.27. The lowest BCUT2D eigenvalue weighted by Crippen LogP contribution is -2.41. The van der Waals surface area contributed by atoms with Gasteiger partial charge in [-0.3, -0.25) is 4.79 Å². The van der Waals surface area contributed by atoms with E-state index in [1.807, 2.05) is 37.3 Å². The number of hydrogen-bond donors (Lipinski definition) is 4. The topological polar surface area (TPSA) is 95.6 Å². The van der Waals surface area contributed by atoms with Crippen molar-refractivity contribution in [1.82, 2.24) is 5.32 Å². The number of hydrogen-bond acceptors (Lipinski definition) is 4. The van der Waals surface area contributed by atoms with Gasteiger partial charge >= 0.3 is 0 Å². The number of nitrogens with one attached hydrogen (secondary N) is 1. The maximum absolute atomic E-state index is 12.2. The van der Waals surface area contributed by atoms with Crippen LogP contribution in [0.5, 0.6) is 0 Å². The van der Waals surface area contributed by atoms with Gasteiger partial charge in [-0.2, -0.15) is 0 Å². The Morgan fingerprint density at radius 1 is 1.29 bits per heavy atom. The number of rotatable bonds is 10. The summed E-state index contributed by atoms with van der Waals surface area (Å²) in [6, 6.07) is 9.34. The van der Waals surface area contributed by atoms with Crippen molar-refractivity contribution in [1.29, 1.82) is 0 Å². The molecule has 3 atom stereocenters. The summed E-state index contributed by atoms with van der Waals surface area (Å²) in [6.45, 7) is 5.85. The zero-order chi connectivity index (χ0) is 18.2. The quantitative estimate of drug-likeness (QED) is 0.522. The molecule has 0 aliphatic carbocycles. The third kappa shape index (κ3) is 7.90. The first-order valence-corrected chi connectivity index (χ1v) is 8.70. The van der Waals surface area contributed by atoms with E-state index in [-0.39, 0.29) is 11.8 Å². The van der Waals surface area contributed by atoms with Crippen LogP contribution in [0.15, 0.2) is 30.3 Å². The third-order valence-corrected chi connectivity index (χ3v) is 4.16. The van der Waals surface area contributed by atoms with E-state index in [1.165, 1.54) is 0 Å². The van der Waals surface area contributed by atoms with Gasteiger partial charge in [-0.25, -0.2) is 0 Å². The van der Waals surface area contributed by atoms with Crippen LogP contribution in [0, 0.1) is 5.92 Å². The highest BCUT2D eigenvalue weighted by Crippen LogP contribution is 2.21. The number of carbonyl (C=O) groups is 1. The van der Waals surface area contributed by atoms with Gasteiger partial charge in [0, 0.05) is 18.5 Å². The molecule has 0 fully saturated rings. The van der Waals surface area contributed by atoms with Gasteiger partial charge in [0.15, 0.2) is 0 Å². The lowest BCUT2D eigenvalue weighted by atomic mass is 9.87. The number of benzene rings is 1. The summed E-state index contributed by atoms with van der Waals surface area (Å²) >= 11 is 0. The van der Waals surface area contributed by atoms with E-state index in [1.54, 1.807) is 13.8 Å². The van der Waals surface area contributed by atoms with Crippen LogP contribution in [0.3, 0.4) is 0 Å². The highest BCUT2D eigenvalue weighted by atomic mass is 16.3. The monoisotopic (exact) mass is 336 g/mol. The van der Waals surface area contributed by atoms with Crippen molar-refractivity contribution in [3.05, 3.63) is 35.9 Å². The molecule has 5 nitrogen and oxygen atoms in total. The first kappa shape index (κ1) is 20.6. The van der Waals surface area contributed by atoms with Gasteiger partial charge in [-0.05, 0) is 52.0 Å². The minimum Gasteiger partial charge on any atom is -0.391 e. The molecule has 5 N–H and O–H groups in total. The molecule has 1 aromatic rings. The van der Waals surface area contributed by atoms with Crippen LogP contribution in [0.1, 0.15) is 45.6 Å². The minimum atomic E-state index is -0.831. The molecule has 0 heterocycles. The number of aliphatic hydroxyl groups is 2. The van der Waals surface area contributed by atoms with Crippen LogP contribution >= 0.6 is 0 Å². The minimum absolute atomic E-state index is 0.0901. The average Bonchev–Trinajstić information content (AvgIpc) is 2.51. The van der Waals surface area contributed by atoms with Gasteiger partial charge in [-0.1, -0.05) is 30.3 Å². The molecule has 0 bridgehead atoms. The molecule has 1 aromatic carbocycles. The van der Waals surface area contributed by atoms with Crippen molar-refractivity contribution >= 4 is 5.91 Å². The van der Waals surface area contributed by atoms with Crippen molar-refractivity contribution < 1.29 is 15.0 Å². The Balaban J connectivity index is 2.64. The fraction of sp³-hybridized carbons (Fsp3) is 0.632. The van der Waals surface area contributed by atoms with Crippen LogP contribution in [0.25, 0.3) is 0 Å². The van der Waals surface area contributed by atoms with E-state index in [2.05, 4.69) is 5.32 Å². The van der Waals surface area contributed by atoms with Crippen molar-refractivity contribution in [3.63, 3.8) is 0 Å². The van der Waals surface area contributed by atoms with Crippen LogP contribution in [0.2, 0.25) is 0 Å². The molecule has 0 saturated heterocycles. The fourth-order valence-electron chi connectivity index (χ4n) is 2.69. The average molecular weight is 336 g/mol. The Morgan fingerprint density at radius 3 is 2.46 bits per heavy atom. The predicted octanol–water partition coefficient (Wildman–Crippen LogP) is 1.61. The molecule has 0 aliphatic heterocycles. The Labute approximate surface area is 145 Å². The normalized spacial score (nSPS) is 15.6. The Morgan fingerprint density at radius 2 is 1.92 bits per heavy atom. The summed E-state index contributed by atoms with van der Waals surface area (Å²) in [5.74, 6) is -0.444. The van der Waals surface area contributed by atoms with Gasteiger partial charge in [-0.15, -0.1) is 0 Å². The van der Waals surface area contributed by atoms with Crippen molar-refractivity contribution in [2.75, 3.05) is 6.54 Å². The molecule has 0 radical (unpaired) electrons. The van der Waals surface area contributed by atoms with Crippen molar-refractivity contribution in [3.8, 4) is 0 Å². The first-order valence-electron chi connectivity index (χ1n) is 8.70. The standard InChI is InChI=1S/C19H32N2O3/c1-4-21-18(23)15(10-11-19(2,3)24)13-17(22)16(20)12-14-8-6-5-7-9-14/h5-9,15-17,22,24H,4,10-13,20H2,1-3H3,(H,21,23)/t15-,16+,17+/m1/s1. The van der Waals surface area contributed by atoms with Crippen LogP contribution in [-0.2, 0) is 11.2 Å². The Kier molecular flexibility index (Phi) is 8.39. The molecule has 5 heteroatoms. The van der Waals surface area contributed by atoms with Gasteiger partial charge in [0.05, 0.1) is 11.7 Å². The highest BCUT2D eigenvalue weighted by molar-refractivity contribution is 5.78. The largest absolute Gasteiger partial charge is 0.391 e. The number of carbonyl (C=O) groups excluding carboxylic acids is 1. The third-order valence-electron chi connectivity index (χ3n) is 4.16. The van der Waals surface area contributed by atoms with Crippen LogP contribution < -0.4 is 11.1 Å². The molecular weight excluding hydrogens is 304 g/mol. The van der Waals surface area contributed by atoms with E-state index in [9.17, 15) is 15.0 Å². The molecule has 0 unspecified atom stereocenters. The molecule has 1 rings (SSSR count). The number of amides is 1. The van der Waals surface area contributed by atoms with Crippen LogP contribution in [-0.4, -0.2) is 40.4 Å². The van der Waals surface area contributed by atoms with Crippen LogP contribution in [0.4, 0.5) is 0 Å². The summed E-state index contributed by atoms with van der Waals surface area (Å²) in [4.78, 5) is 12.2. The van der Waals surface area contributed by atoms with E-state index in [0.717, 1.165) is 5.56 Å². The van der Waals surface area contributed by atoms with E-state index in [4.69, 9.17) is 5.73 Å². The lowest BCUT2D eigenvalue weighted by molar-refractivity contribution is -0.126. The van der Waals surface area contributed by atoms with Gasteiger partial charge in [0.2, 0.25) is 5.91 Å². The summed E-state index contributed by atoms with van der Waals surface area (Å²) in [7, 11) is 0. The maximum atomic E-state index is 12.2. The molecular formula is C19H32N2O3. The molecule has 1 amide bonds. The zero-order valence-corrected chi connectivity index (χ0v) is 15.0. The molecule has 24 heavy (non-hydrogen) atoms. The van der Waals surface area contributed by atoms with Gasteiger partial charge in [0.25, 0.3) is 0 Å². The smallest absolute Gasteiger partial charge is 0.223 e. The second kappa shape index (κ2) is 9.77. The second-order valence-electron chi connectivity index (χ2n) is 7.10. The summed E-state index contributed by atoms with van der Waals surface area (Å²) in [6.07, 6.45) is 1.12. The zero-order valence-electron chi connectivity index (χ0n) is 15.0. The van der Waals surface area contributed by atoms with E-state index >= 15 is 0 Å². The molecule has 0 spiro atoms. The van der Waals surface area contributed by atoms with Gasteiger partial charge < -0.3 is 21.3 Å². The fourth-order valence-corrected chi connectivity index (χ4v) is 2.69. The maximum Gasteiger partial charge on any atom is 0.223 e.